The lowest BCUT2D eigenvalue weighted by molar-refractivity contribution is 0.372. The van der Waals surface area contributed by atoms with Gasteiger partial charge in [0, 0.05) is 5.56 Å². The summed E-state index contributed by atoms with van der Waals surface area (Å²) in [6.45, 7) is 0. The molecule has 0 fully saturated rings. The molecule has 0 aromatic heterocycles. The minimum Gasteiger partial charge on any atom is -0.495 e. The minimum absolute atomic E-state index is 0.0215. The first kappa shape index (κ1) is 14.3. The molecule has 2 aromatic rings. The second kappa shape index (κ2) is 5.90. The Kier molecular flexibility index (Phi) is 4.22. The van der Waals surface area contributed by atoms with Gasteiger partial charge in [-0.25, -0.2) is 13.6 Å². The zero-order chi connectivity index (χ0) is 14.6. The van der Waals surface area contributed by atoms with E-state index < -0.39 is 10.0 Å². The van der Waals surface area contributed by atoms with Crippen LogP contribution in [0.3, 0.4) is 0 Å². The molecule has 104 valence electrons. The largest absolute Gasteiger partial charge is 0.495 e. The third kappa shape index (κ3) is 3.07. The van der Waals surface area contributed by atoms with Gasteiger partial charge in [-0.05, 0) is 5.56 Å². The van der Waals surface area contributed by atoms with Gasteiger partial charge in [-0.2, -0.15) is 0 Å². The first-order valence-electron chi connectivity index (χ1n) is 5.96. The number of methoxy groups -OCH3 is 1. The molecule has 2 N–H and O–H groups in total. The summed E-state index contributed by atoms with van der Waals surface area (Å²) in [5.41, 5.74) is 1.15. The van der Waals surface area contributed by atoms with Crippen LogP contribution in [0.2, 0.25) is 0 Å². The third-order valence-corrected chi connectivity index (χ3v) is 3.76. The molecule has 0 saturated heterocycles. The Morgan fingerprint density at radius 1 is 0.900 bits per heavy atom. The molecule has 2 rings (SSSR count). The van der Waals surface area contributed by atoms with Crippen LogP contribution in [0.4, 0.5) is 0 Å². The lowest BCUT2D eigenvalue weighted by Crippen LogP contribution is -2.16. The molecule has 0 saturated carbocycles. The molecule has 0 bridgehead atoms. The second-order valence-electron chi connectivity index (χ2n) is 4.14. The van der Waals surface area contributed by atoms with E-state index in [1.165, 1.54) is 7.11 Å². The normalized spacial score (nSPS) is 12.7. The fourth-order valence-electron chi connectivity index (χ4n) is 1.95. The highest BCUT2D eigenvalue weighted by Gasteiger charge is 2.22. The van der Waals surface area contributed by atoms with Crippen molar-refractivity contribution in [2.75, 3.05) is 7.11 Å². The highest BCUT2D eigenvalue weighted by molar-refractivity contribution is 7.98. The molecule has 0 aliphatic carbocycles. The van der Waals surface area contributed by atoms with Crippen molar-refractivity contribution in [3.63, 3.8) is 0 Å². The number of rotatable bonds is 4. The third-order valence-electron chi connectivity index (χ3n) is 2.77. The molecule has 0 unspecified atom stereocenters. The Bertz CT molecular complexity index is 707. The van der Waals surface area contributed by atoms with Crippen LogP contribution >= 0.6 is 0 Å². The Hall–Kier alpha value is -2.11. The lowest BCUT2D eigenvalue weighted by atomic mass is 10.1. The van der Waals surface area contributed by atoms with Gasteiger partial charge in [0.15, 0.2) is 0 Å². The van der Waals surface area contributed by atoms with E-state index in [4.69, 9.17) is 9.88 Å². The minimum atomic E-state index is -3.92. The number of nitrogens with two attached hydrogens (primary N) is 1. The average molecular weight is 289 g/mol. The predicted molar refractivity (Wildman–Crippen MR) is 79.8 cm³/mol. The predicted octanol–water partition coefficient (Wildman–Crippen LogP) is 2.45. The van der Waals surface area contributed by atoms with Crippen molar-refractivity contribution in [2.45, 2.75) is 0 Å². The molecule has 0 radical (unpaired) electrons. The molecular formula is C15H15NO3S. The molecule has 20 heavy (non-hydrogen) atoms. The highest BCUT2D eigenvalue weighted by Crippen LogP contribution is 2.29. The molecule has 0 spiro atoms. The lowest BCUT2D eigenvalue weighted by Gasteiger charge is -2.13. The SMILES string of the molecule is COC(=C(c1ccccc1)S(N)(=O)=O)c1ccccc1. The van der Waals surface area contributed by atoms with Crippen molar-refractivity contribution < 1.29 is 13.2 Å². The van der Waals surface area contributed by atoms with Gasteiger partial charge in [-0.15, -0.1) is 0 Å². The summed E-state index contributed by atoms with van der Waals surface area (Å²) < 4.78 is 29.2. The summed E-state index contributed by atoms with van der Waals surface area (Å²) in [6.07, 6.45) is 0. The van der Waals surface area contributed by atoms with E-state index in [2.05, 4.69) is 0 Å². The van der Waals surface area contributed by atoms with Crippen molar-refractivity contribution in [1.29, 1.82) is 0 Å². The van der Waals surface area contributed by atoms with E-state index in [1.54, 1.807) is 54.6 Å². The molecule has 2 aromatic carbocycles. The fraction of sp³-hybridized carbons (Fsp3) is 0.0667. The second-order valence-corrected chi connectivity index (χ2v) is 5.64. The maximum Gasteiger partial charge on any atom is 0.242 e. The molecule has 0 heterocycles. The van der Waals surface area contributed by atoms with Crippen molar-refractivity contribution >= 4 is 20.7 Å². The zero-order valence-electron chi connectivity index (χ0n) is 11.0. The maximum absolute atomic E-state index is 11.9. The number of primary sulfonamides is 1. The van der Waals surface area contributed by atoms with Crippen LogP contribution in [0.25, 0.3) is 10.7 Å². The summed E-state index contributed by atoms with van der Waals surface area (Å²) >= 11 is 0. The van der Waals surface area contributed by atoms with Gasteiger partial charge in [0.25, 0.3) is 0 Å². The number of hydrogen-bond acceptors (Lipinski definition) is 3. The van der Waals surface area contributed by atoms with Crippen LogP contribution in [0, 0.1) is 0 Å². The Morgan fingerprint density at radius 3 is 1.75 bits per heavy atom. The van der Waals surface area contributed by atoms with Crippen molar-refractivity contribution in [3.8, 4) is 0 Å². The Balaban J connectivity index is 2.75. The van der Waals surface area contributed by atoms with Gasteiger partial charge in [0.2, 0.25) is 10.0 Å². The maximum atomic E-state index is 11.9. The van der Waals surface area contributed by atoms with E-state index in [9.17, 15) is 8.42 Å². The van der Waals surface area contributed by atoms with Crippen LogP contribution in [-0.2, 0) is 14.8 Å². The highest BCUT2D eigenvalue weighted by atomic mass is 32.2. The van der Waals surface area contributed by atoms with Gasteiger partial charge in [0.05, 0.1) is 7.11 Å². The van der Waals surface area contributed by atoms with E-state index in [1.807, 2.05) is 6.07 Å². The van der Waals surface area contributed by atoms with Gasteiger partial charge >= 0.3 is 0 Å². The quantitative estimate of drug-likeness (QED) is 0.694. The van der Waals surface area contributed by atoms with Crippen molar-refractivity contribution in [2.24, 2.45) is 5.14 Å². The Morgan fingerprint density at radius 2 is 1.35 bits per heavy atom. The molecule has 4 nitrogen and oxygen atoms in total. The first-order chi connectivity index (χ1) is 9.54. The van der Waals surface area contributed by atoms with Crippen LogP contribution < -0.4 is 5.14 Å². The van der Waals surface area contributed by atoms with Gasteiger partial charge in [0.1, 0.15) is 10.7 Å². The van der Waals surface area contributed by atoms with Crippen LogP contribution in [0.1, 0.15) is 11.1 Å². The van der Waals surface area contributed by atoms with Gasteiger partial charge in [-0.1, -0.05) is 60.7 Å². The monoisotopic (exact) mass is 289 g/mol. The number of ether oxygens (including phenoxy) is 1. The summed E-state index contributed by atoms with van der Waals surface area (Å²) in [4.78, 5) is -0.0215. The molecule has 5 heteroatoms. The molecule has 0 aliphatic rings. The summed E-state index contributed by atoms with van der Waals surface area (Å²) in [5, 5.41) is 5.36. The summed E-state index contributed by atoms with van der Waals surface area (Å²) in [5.74, 6) is 0.235. The average Bonchev–Trinajstić information content (AvgIpc) is 2.45. The van der Waals surface area contributed by atoms with Gasteiger partial charge in [-0.3, -0.25) is 0 Å². The summed E-state index contributed by atoms with van der Waals surface area (Å²) in [7, 11) is -2.50. The van der Waals surface area contributed by atoms with E-state index >= 15 is 0 Å². The van der Waals surface area contributed by atoms with Crippen LogP contribution in [0.15, 0.2) is 60.7 Å². The molecule has 0 aliphatic heterocycles. The fourth-order valence-corrected chi connectivity index (χ4v) is 2.87. The van der Waals surface area contributed by atoms with E-state index in [-0.39, 0.29) is 10.7 Å². The zero-order valence-corrected chi connectivity index (χ0v) is 11.8. The standard InChI is InChI=1S/C15H15NO3S/c1-19-14(12-8-4-2-5-9-12)15(20(16,17)18)13-10-6-3-7-11-13/h2-11H,1H3,(H2,16,17,18). The van der Waals surface area contributed by atoms with E-state index in [0.29, 0.717) is 11.1 Å². The molecule has 0 atom stereocenters. The molecule has 0 amide bonds. The van der Waals surface area contributed by atoms with Crippen molar-refractivity contribution in [1.82, 2.24) is 0 Å². The Labute approximate surface area is 118 Å². The summed E-state index contributed by atoms with van der Waals surface area (Å²) in [6, 6.07) is 17.7. The number of benzene rings is 2. The molecular weight excluding hydrogens is 274 g/mol. The van der Waals surface area contributed by atoms with Crippen LogP contribution in [-0.4, -0.2) is 15.5 Å². The number of hydrogen-bond donors (Lipinski definition) is 1. The number of sulfonamides is 1. The first-order valence-corrected chi connectivity index (χ1v) is 7.50. The van der Waals surface area contributed by atoms with Crippen LogP contribution in [0.5, 0.6) is 0 Å². The van der Waals surface area contributed by atoms with Gasteiger partial charge < -0.3 is 4.74 Å². The topological polar surface area (TPSA) is 69.4 Å². The smallest absolute Gasteiger partial charge is 0.242 e. The van der Waals surface area contributed by atoms with E-state index in [0.717, 1.165) is 0 Å². The van der Waals surface area contributed by atoms with Crippen molar-refractivity contribution in [3.05, 3.63) is 71.8 Å².